The van der Waals surface area contributed by atoms with Crippen LogP contribution in [-0.2, 0) is 32.0 Å². The van der Waals surface area contributed by atoms with E-state index in [-0.39, 0.29) is 36.0 Å². The molecule has 0 aromatic heterocycles. The van der Waals surface area contributed by atoms with Crippen molar-refractivity contribution in [2.24, 2.45) is 22.0 Å². The molecule has 2 fully saturated rings. The van der Waals surface area contributed by atoms with Crippen LogP contribution in [0.4, 0.5) is 16.2 Å². The predicted octanol–water partition coefficient (Wildman–Crippen LogP) is 3.47. The van der Waals surface area contributed by atoms with E-state index in [9.17, 15) is 14.4 Å². The van der Waals surface area contributed by atoms with E-state index in [4.69, 9.17) is 24.1 Å². The van der Waals surface area contributed by atoms with E-state index in [1.807, 2.05) is 56.6 Å². The van der Waals surface area contributed by atoms with Crippen LogP contribution in [0.5, 0.6) is 11.5 Å². The Morgan fingerprint density at radius 1 is 0.836 bits per heavy atom. The number of hydrogen-bond donors (Lipinski definition) is 4. The topological polar surface area (TPSA) is 187 Å². The highest BCUT2D eigenvalue weighted by Gasteiger charge is 2.41. The molecule has 0 spiro atoms. The summed E-state index contributed by atoms with van der Waals surface area (Å²) in [5, 5.41) is 19.1. The number of benzene rings is 2. The van der Waals surface area contributed by atoms with Crippen molar-refractivity contribution in [2.45, 2.75) is 98.0 Å². The molecular weight excluding hydrogens is 708 g/mol. The lowest BCUT2D eigenvalue weighted by Gasteiger charge is -2.46. The molecule has 6 aliphatic heterocycles. The van der Waals surface area contributed by atoms with Gasteiger partial charge in [0.1, 0.15) is 42.4 Å². The summed E-state index contributed by atoms with van der Waals surface area (Å²) < 4.78 is 17.0. The second-order valence-corrected chi connectivity index (χ2v) is 15.8. The van der Waals surface area contributed by atoms with Crippen LogP contribution >= 0.6 is 0 Å². The van der Waals surface area contributed by atoms with Gasteiger partial charge in [-0.05, 0) is 103 Å². The number of carboxylic acids is 1. The molecule has 296 valence electrons. The highest BCUT2D eigenvalue weighted by atomic mass is 16.6. The minimum absolute atomic E-state index is 0.0844. The van der Waals surface area contributed by atoms with E-state index >= 15 is 0 Å². The van der Waals surface area contributed by atoms with Gasteiger partial charge in [-0.15, -0.1) is 0 Å². The molecule has 6 atom stereocenters. The summed E-state index contributed by atoms with van der Waals surface area (Å²) in [4.78, 5) is 51.0. The van der Waals surface area contributed by atoms with Gasteiger partial charge in [-0.25, -0.2) is 15.6 Å². The highest BCUT2D eigenvalue weighted by molar-refractivity contribution is 6.10. The van der Waals surface area contributed by atoms with Crippen LogP contribution in [0.1, 0.15) is 66.5 Å². The number of nitrogens with zero attached hydrogens (tertiary/aromatic N) is 5. The van der Waals surface area contributed by atoms with Crippen molar-refractivity contribution in [2.75, 3.05) is 36.1 Å². The second-order valence-electron chi connectivity index (χ2n) is 15.8. The van der Waals surface area contributed by atoms with E-state index < -0.39 is 11.6 Å². The monoisotopic (exact) mass is 760 g/mol. The number of ether oxygens (including phenoxy) is 3. The fourth-order valence-electron chi connectivity index (χ4n) is 7.26. The molecule has 0 aliphatic carbocycles. The number of nitrogens with one attached hydrogen (secondary N) is 3. The van der Waals surface area contributed by atoms with Crippen molar-refractivity contribution in [1.29, 1.82) is 0 Å². The average Bonchev–Trinajstić information content (AvgIpc) is 3.13. The van der Waals surface area contributed by atoms with Gasteiger partial charge in [-0.1, -0.05) is 12.1 Å². The summed E-state index contributed by atoms with van der Waals surface area (Å²) in [6, 6.07) is 12.4. The molecule has 8 rings (SSSR count). The number of amidine groups is 2. The van der Waals surface area contributed by atoms with E-state index in [1.54, 1.807) is 4.90 Å². The molecule has 0 bridgehead atoms. The number of aliphatic carboxylic acids is 1. The number of likely N-dealkylation sites (tertiary alicyclic amines) is 1. The van der Waals surface area contributed by atoms with E-state index in [1.165, 1.54) is 5.56 Å². The molecule has 0 radical (unpaired) electrons. The largest absolute Gasteiger partial charge is 0.483 e. The summed E-state index contributed by atoms with van der Waals surface area (Å²) in [7, 11) is 0. The lowest BCUT2D eigenvalue weighted by molar-refractivity contribution is -0.134. The predicted molar refractivity (Wildman–Crippen MR) is 206 cm³/mol. The summed E-state index contributed by atoms with van der Waals surface area (Å²) >= 11 is 0. The SMILES string of the molecule is CC(=O)O.CC1C(Cc2ccc3c(c2)N2C(=NNC(=O)C2C)CO3)CN1C(=O)OC(C)(C)C.CC1NCC1Cc1ccc2c(c1)N1C(=NNC(=O)C1C)CO2. The number of carboxylic acid groups (broad SMARTS) is 1. The van der Waals surface area contributed by atoms with Gasteiger partial charge in [0.2, 0.25) is 0 Å². The Kier molecular flexibility index (Phi) is 11.3. The molecule has 4 N–H and O–H groups in total. The van der Waals surface area contributed by atoms with Crippen LogP contribution in [0.25, 0.3) is 0 Å². The Morgan fingerprint density at radius 3 is 1.71 bits per heavy atom. The standard InChI is InChI=1S/C21H28N4O4.C16H20N4O2.C2H4O2/c1-12-15(10-24(12)20(27)29-21(3,4)5)8-14-6-7-17-16(9-14)25-13(2)19(26)23-22-18(25)11-28-17;1-9-12(7-17-9)5-11-3-4-14-13(6-11)20-10(2)16(21)19-18-15(20)8-22-14;1-2(3)4/h6-7,9,12-13,15H,8,10-11H2,1-5H3,(H,23,26);3-4,6,9-10,12,17H,5,7-8H2,1-2H3,(H,19,21);1H3,(H,3,4). The van der Waals surface area contributed by atoms with Gasteiger partial charge in [0.25, 0.3) is 17.8 Å². The summed E-state index contributed by atoms with van der Waals surface area (Å²) in [6.07, 6.45) is 1.63. The number of fused-ring (bicyclic) bond motifs is 6. The van der Waals surface area contributed by atoms with Crippen LogP contribution in [0, 0.1) is 11.8 Å². The number of amides is 3. The fraction of sp³-hybridized carbons (Fsp3) is 0.538. The molecule has 55 heavy (non-hydrogen) atoms. The van der Waals surface area contributed by atoms with E-state index in [0.717, 1.165) is 60.6 Å². The smallest absolute Gasteiger partial charge is 0.410 e. The first-order chi connectivity index (χ1) is 26.0. The quantitative estimate of drug-likeness (QED) is 0.358. The Bertz CT molecular complexity index is 1890. The first-order valence-corrected chi connectivity index (χ1v) is 18.8. The number of hydrogen-bond acceptors (Lipinski definition) is 12. The van der Waals surface area contributed by atoms with Gasteiger partial charge in [0, 0.05) is 38.0 Å². The fourth-order valence-corrected chi connectivity index (χ4v) is 7.26. The zero-order valence-electron chi connectivity index (χ0n) is 32.7. The first-order valence-electron chi connectivity index (χ1n) is 18.8. The maximum absolute atomic E-state index is 12.3. The third-order valence-electron chi connectivity index (χ3n) is 10.6. The van der Waals surface area contributed by atoms with Gasteiger partial charge >= 0.3 is 6.09 Å². The zero-order chi connectivity index (χ0) is 39.8. The van der Waals surface area contributed by atoms with E-state index in [0.29, 0.717) is 43.5 Å². The number of anilines is 2. The zero-order valence-corrected chi connectivity index (χ0v) is 32.7. The molecule has 6 aliphatic rings. The summed E-state index contributed by atoms with van der Waals surface area (Å²) in [5.74, 6) is 3.03. The molecule has 16 heteroatoms. The van der Waals surface area contributed by atoms with Crippen molar-refractivity contribution in [3.05, 3.63) is 47.5 Å². The van der Waals surface area contributed by atoms with Crippen LogP contribution in [0.2, 0.25) is 0 Å². The lowest BCUT2D eigenvalue weighted by atomic mass is 9.84. The molecule has 6 unspecified atom stereocenters. The molecule has 16 nitrogen and oxygen atoms in total. The molecule has 3 amide bonds. The number of hydrazone groups is 2. The second kappa shape index (κ2) is 15.8. The van der Waals surface area contributed by atoms with Gasteiger partial charge in [0.05, 0.1) is 11.4 Å². The Balaban J connectivity index is 0.000000175. The first kappa shape index (κ1) is 39.3. The molecular formula is C39H52N8O8. The number of rotatable bonds is 4. The molecule has 2 saturated heterocycles. The Hall–Kier alpha value is -5.38. The summed E-state index contributed by atoms with van der Waals surface area (Å²) in [6.45, 7) is 17.2. The highest BCUT2D eigenvalue weighted by Crippen LogP contribution is 2.38. The van der Waals surface area contributed by atoms with Crippen LogP contribution in [0.15, 0.2) is 46.6 Å². The van der Waals surface area contributed by atoms with Crippen LogP contribution < -0.4 is 35.4 Å². The third-order valence-corrected chi connectivity index (χ3v) is 10.6. The van der Waals surface area contributed by atoms with Crippen molar-refractivity contribution in [1.82, 2.24) is 21.1 Å². The lowest BCUT2D eigenvalue weighted by Crippen LogP contribution is -2.58. The maximum Gasteiger partial charge on any atom is 0.410 e. The minimum Gasteiger partial charge on any atom is -0.483 e. The molecule has 0 saturated carbocycles. The normalized spacial score (nSPS) is 25.9. The van der Waals surface area contributed by atoms with Gasteiger partial charge < -0.3 is 39.3 Å². The van der Waals surface area contributed by atoms with Crippen molar-refractivity contribution < 1.29 is 38.5 Å². The van der Waals surface area contributed by atoms with Crippen LogP contribution in [-0.4, -0.2) is 102 Å². The minimum atomic E-state index is -0.833. The van der Waals surface area contributed by atoms with Crippen molar-refractivity contribution in [3.8, 4) is 11.5 Å². The van der Waals surface area contributed by atoms with Gasteiger partial charge in [-0.3, -0.25) is 14.4 Å². The molecule has 2 aromatic rings. The maximum atomic E-state index is 12.3. The van der Waals surface area contributed by atoms with Crippen molar-refractivity contribution in [3.63, 3.8) is 0 Å². The van der Waals surface area contributed by atoms with Crippen LogP contribution in [0.3, 0.4) is 0 Å². The summed E-state index contributed by atoms with van der Waals surface area (Å²) in [5.41, 5.74) is 8.84. The van der Waals surface area contributed by atoms with E-state index in [2.05, 4.69) is 64.5 Å². The Labute approximate surface area is 321 Å². The number of carbonyl (C=O) groups is 4. The van der Waals surface area contributed by atoms with Gasteiger partial charge in [0.15, 0.2) is 11.7 Å². The van der Waals surface area contributed by atoms with Gasteiger partial charge in [-0.2, -0.15) is 10.2 Å². The van der Waals surface area contributed by atoms with Crippen molar-refractivity contribution >= 4 is 46.9 Å². The molecule has 2 aromatic carbocycles. The average molecular weight is 761 g/mol. The molecule has 6 heterocycles. The number of carbonyl (C=O) groups excluding carboxylic acids is 3. The third kappa shape index (κ3) is 8.64. The Morgan fingerprint density at radius 2 is 1.31 bits per heavy atom.